The second-order valence-corrected chi connectivity index (χ2v) is 6.11. The maximum absolute atomic E-state index is 12.2. The Morgan fingerprint density at radius 2 is 2.06 bits per heavy atom. The van der Waals surface area contributed by atoms with Gasteiger partial charge in [-0.05, 0) is 31.9 Å². The fraction of sp³-hybridized carbons (Fsp3) is 0.385. The van der Waals surface area contributed by atoms with Gasteiger partial charge in [0.15, 0.2) is 0 Å². The zero-order valence-electron chi connectivity index (χ0n) is 10.2. The van der Waals surface area contributed by atoms with Crippen molar-refractivity contribution in [3.8, 4) is 12.3 Å². The topological polar surface area (TPSA) is 58.2 Å². The average Bonchev–Trinajstić information content (AvgIpc) is 3.12. The highest BCUT2D eigenvalue weighted by Gasteiger charge is 2.29. The van der Waals surface area contributed by atoms with E-state index in [9.17, 15) is 8.42 Å². The Morgan fingerprint density at radius 1 is 1.39 bits per heavy atom. The van der Waals surface area contributed by atoms with Crippen LogP contribution in [-0.4, -0.2) is 20.5 Å². The quantitative estimate of drug-likeness (QED) is 0.794. The molecule has 0 bridgehead atoms. The number of rotatable bonds is 5. The van der Waals surface area contributed by atoms with Crippen molar-refractivity contribution in [2.45, 2.75) is 36.7 Å². The van der Waals surface area contributed by atoms with E-state index < -0.39 is 10.0 Å². The minimum Gasteiger partial charge on any atom is -0.371 e. The Balaban J connectivity index is 2.29. The maximum atomic E-state index is 12.2. The van der Waals surface area contributed by atoms with Gasteiger partial charge in [-0.1, -0.05) is 18.1 Å². The minimum absolute atomic E-state index is 0.0908. The maximum Gasteiger partial charge on any atom is 0.242 e. The summed E-state index contributed by atoms with van der Waals surface area (Å²) in [6.07, 6.45) is 7.12. The lowest BCUT2D eigenvalue weighted by Crippen LogP contribution is -2.27. The fourth-order valence-electron chi connectivity index (χ4n) is 1.58. The lowest BCUT2D eigenvalue weighted by Gasteiger charge is -2.14. The predicted molar refractivity (Wildman–Crippen MR) is 71.7 cm³/mol. The fourth-order valence-corrected chi connectivity index (χ4v) is 3.05. The van der Waals surface area contributed by atoms with Crippen LogP contribution in [-0.2, 0) is 10.0 Å². The minimum atomic E-state index is -3.46. The Hall–Kier alpha value is -1.51. The zero-order valence-corrected chi connectivity index (χ0v) is 11.0. The van der Waals surface area contributed by atoms with Crippen LogP contribution in [0.3, 0.4) is 0 Å². The first-order valence-electron chi connectivity index (χ1n) is 5.87. The number of benzene rings is 1. The number of para-hydroxylation sites is 1. The molecule has 2 rings (SSSR count). The first kappa shape index (κ1) is 12.9. The Labute approximate surface area is 108 Å². The molecule has 1 fully saturated rings. The molecule has 1 aromatic rings. The van der Waals surface area contributed by atoms with Crippen molar-refractivity contribution >= 4 is 15.7 Å². The van der Waals surface area contributed by atoms with Gasteiger partial charge < -0.3 is 5.32 Å². The van der Waals surface area contributed by atoms with Crippen LogP contribution in [0.4, 0.5) is 5.69 Å². The van der Waals surface area contributed by atoms with Crippen molar-refractivity contribution in [1.29, 1.82) is 0 Å². The molecule has 2 N–H and O–H groups in total. The Morgan fingerprint density at radius 3 is 2.67 bits per heavy atom. The van der Waals surface area contributed by atoms with Gasteiger partial charge in [0.05, 0.1) is 11.7 Å². The summed E-state index contributed by atoms with van der Waals surface area (Å²) in [6, 6.07) is 6.65. The van der Waals surface area contributed by atoms with E-state index in [1.807, 2.05) is 0 Å². The van der Waals surface area contributed by atoms with E-state index in [0.29, 0.717) is 5.69 Å². The van der Waals surface area contributed by atoms with Crippen LogP contribution >= 0.6 is 0 Å². The smallest absolute Gasteiger partial charge is 0.242 e. The SMILES string of the molecule is C#CC(C)Nc1ccccc1S(=O)(=O)NC1CC1. The van der Waals surface area contributed by atoms with E-state index in [2.05, 4.69) is 16.0 Å². The third-order valence-corrected chi connectivity index (χ3v) is 4.28. The largest absolute Gasteiger partial charge is 0.371 e. The summed E-state index contributed by atoms with van der Waals surface area (Å²) >= 11 is 0. The summed E-state index contributed by atoms with van der Waals surface area (Å²) in [5, 5.41) is 3.00. The van der Waals surface area contributed by atoms with Crippen LogP contribution < -0.4 is 10.0 Å². The van der Waals surface area contributed by atoms with E-state index in [-0.39, 0.29) is 17.0 Å². The van der Waals surface area contributed by atoms with Crippen LogP contribution in [0.1, 0.15) is 19.8 Å². The van der Waals surface area contributed by atoms with Gasteiger partial charge in [-0.25, -0.2) is 13.1 Å². The molecule has 0 heterocycles. The number of sulfonamides is 1. The zero-order chi connectivity index (χ0) is 13.2. The molecular weight excluding hydrogens is 248 g/mol. The van der Waals surface area contributed by atoms with Gasteiger partial charge >= 0.3 is 0 Å². The molecule has 1 atom stereocenters. The number of hydrogen-bond acceptors (Lipinski definition) is 3. The first-order valence-corrected chi connectivity index (χ1v) is 7.35. The third kappa shape index (κ3) is 3.03. The molecule has 4 nitrogen and oxygen atoms in total. The van der Waals surface area contributed by atoms with Crippen LogP contribution in [0, 0.1) is 12.3 Å². The van der Waals surface area contributed by atoms with Crippen LogP contribution in [0.2, 0.25) is 0 Å². The summed E-state index contributed by atoms with van der Waals surface area (Å²) in [5.41, 5.74) is 0.538. The summed E-state index contributed by atoms with van der Waals surface area (Å²) in [6.45, 7) is 1.80. The molecule has 0 aliphatic heterocycles. The van der Waals surface area contributed by atoms with E-state index in [0.717, 1.165) is 12.8 Å². The highest BCUT2D eigenvalue weighted by molar-refractivity contribution is 7.89. The molecule has 0 radical (unpaired) electrons. The molecule has 1 unspecified atom stereocenters. The van der Waals surface area contributed by atoms with E-state index in [1.54, 1.807) is 31.2 Å². The lowest BCUT2D eigenvalue weighted by molar-refractivity contribution is 0.581. The first-order chi connectivity index (χ1) is 8.53. The van der Waals surface area contributed by atoms with E-state index >= 15 is 0 Å². The van der Waals surface area contributed by atoms with Crippen molar-refractivity contribution in [3.05, 3.63) is 24.3 Å². The van der Waals surface area contributed by atoms with E-state index in [1.165, 1.54) is 0 Å². The number of terminal acetylenes is 1. The standard InChI is InChI=1S/C13H16N2O2S/c1-3-10(2)14-12-6-4-5-7-13(12)18(16,17)15-11-8-9-11/h1,4-7,10-11,14-15H,8-9H2,2H3. The Kier molecular flexibility index (Phi) is 3.60. The molecule has 0 amide bonds. The molecule has 1 aliphatic carbocycles. The normalized spacial score (nSPS) is 16.9. The second-order valence-electron chi connectivity index (χ2n) is 4.42. The van der Waals surface area contributed by atoms with Crippen molar-refractivity contribution < 1.29 is 8.42 Å². The highest BCUT2D eigenvalue weighted by atomic mass is 32.2. The molecule has 18 heavy (non-hydrogen) atoms. The van der Waals surface area contributed by atoms with Gasteiger partial charge in [0.1, 0.15) is 4.90 Å². The van der Waals surface area contributed by atoms with Crippen molar-refractivity contribution in [1.82, 2.24) is 4.72 Å². The monoisotopic (exact) mass is 264 g/mol. The molecule has 0 spiro atoms. The molecule has 1 saturated carbocycles. The van der Waals surface area contributed by atoms with Crippen LogP contribution in [0.25, 0.3) is 0 Å². The number of nitrogens with one attached hydrogen (secondary N) is 2. The molecule has 1 aromatic carbocycles. The van der Waals surface area contributed by atoms with Gasteiger partial charge in [-0.2, -0.15) is 0 Å². The lowest BCUT2D eigenvalue weighted by atomic mass is 10.3. The van der Waals surface area contributed by atoms with Crippen molar-refractivity contribution in [2.75, 3.05) is 5.32 Å². The average molecular weight is 264 g/mol. The molecular formula is C13H16N2O2S. The number of hydrogen-bond donors (Lipinski definition) is 2. The molecule has 96 valence electrons. The summed E-state index contributed by atoms with van der Waals surface area (Å²) < 4.78 is 27.0. The van der Waals surface area contributed by atoms with Gasteiger partial charge in [0.25, 0.3) is 0 Å². The molecule has 5 heteroatoms. The molecule has 0 aromatic heterocycles. The van der Waals surface area contributed by atoms with Gasteiger partial charge in [-0.3, -0.25) is 0 Å². The van der Waals surface area contributed by atoms with Crippen molar-refractivity contribution in [3.63, 3.8) is 0 Å². The van der Waals surface area contributed by atoms with Crippen LogP contribution in [0.15, 0.2) is 29.2 Å². The summed E-state index contributed by atoms with van der Waals surface area (Å²) in [5.74, 6) is 2.52. The summed E-state index contributed by atoms with van der Waals surface area (Å²) in [4.78, 5) is 0.249. The molecule has 0 saturated heterocycles. The van der Waals surface area contributed by atoms with E-state index in [4.69, 9.17) is 6.42 Å². The summed E-state index contributed by atoms with van der Waals surface area (Å²) in [7, 11) is -3.46. The number of anilines is 1. The van der Waals surface area contributed by atoms with Gasteiger partial charge in [0.2, 0.25) is 10.0 Å². The van der Waals surface area contributed by atoms with Gasteiger partial charge in [-0.15, -0.1) is 6.42 Å². The second kappa shape index (κ2) is 5.01. The molecule has 1 aliphatic rings. The highest BCUT2D eigenvalue weighted by Crippen LogP contribution is 2.26. The third-order valence-electron chi connectivity index (χ3n) is 2.70. The van der Waals surface area contributed by atoms with Gasteiger partial charge in [0, 0.05) is 6.04 Å². The van der Waals surface area contributed by atoms with Crippen molar-refractivity contribution in [2.24, 2.45) is 0 Å². The predicted octanol–water partition coefficient (Wildman–Crippen LogP) is 1.56. The van der Waals surface area contributed by atoms with Crippen LogP contribution in [0.5, 0.6) is 0 Å². The Bertz CT molecular complexity index is 571.